The maximum Gasteiger partial charge on any atom is 0.230 e. The summed E-state index contributed by atoms with van der Waals surface area (Å²) in [5.74, 6) is -0.109. The van der Waals surface area contributed by atoms with Gasteiger partial charge in [0.05, 0.1) is 23.5 Å². The van der Waals surface area contributed by atoms with E-state index in [2.05, 4.69) is 15.7 Å². The van der Waals surface area contributed by atoms with Crippen molar-refractivity contribution in [1.82, 2.24) is 4.98 Å². The second-order valence-corrected chi connectivity index (χ2v) is 7.51. The lowest BCUT2D eigenvalue weighted by atomic mass is 10.2. The van der Waals surface area contributed by atoms with Crippen molar-refractivity contribution in [2.45, 2.75) is 6.42 Å². The fraction of sp³-hybridized carbons (Fsp3) is 0.176. The Morgan fingerprint density at radius 2 is 2.12 bits per heavy atom. The van der Waals surface area contributed by atoms with Gasteiger partial charge < -0.3 is 10.2 Å². The summed E-state index contributed by atoms with van der Waals surface area (Å²) in [6.07, 6.45) is 0.236. The van der Waals surface area contributed by atoms with Crippen LogP contribution in [0.3, 0.4) is 0 Å². The second kappa shape index (κ2) is 7.34. The molecule has 0 saturated heterocycles. The molecule has 0 saturated carbocycles. The Balaban J connectivity index is 1.71. The highest BCUT2D eigenvalue weighted by Crippen LogP contribution is 2.29. The van der Waals surface area contributed by atoms with Crippen molar-refractivity contribution in [2.24, 2.45) is 0 Å². The minimum Gasteiger partial charge on any atom is -0.376 e. The number of anilines is 2. The highest BCUT2D eigenvalue weighted by Gasteiger charge is 2.12. The summed E-state index contributed by atoms with van der Waals surface area (Å²) < 4.78 is 0. The third-order valence-electron chi connectivity index (χ3n) is 3.38. The summed E-state index contributed by atoms with van der Waals surface area (Å²) in [6, 6.07) is 7.48. The molecule has 7 heteroatoms. The molecule has 2 aromatic heterocycles. The normalized spacial score (nSPS) is 10.6. The number of carbonyl (C=O) groups is 1. The van der Waals surface area contributed by atoms with Gasteiger partial charge in [-0.3, -0.25) is 4.79 Å². The highest BCUT2D eigenvalue weighted by atomic mass is 35.5. The molecule has 0 radical (unpaired) electrons. The summed E-state index contributed by atoms with van der Waals surface area (Å²) in [6.45, 7) is 0. The van der Waals surface area contributed by atoms with Crippen LogP contribution in [0.5, 0.6) is 0 Å². The molecule has 0 fully saturated rings. The fourth-order valence-corrected chi connectivity index (χ4v) is 3.97. The second-order valence-electron chi connectivity index (χ2n) is 5.44. The number of halogens is 1. The zero-order valence-corrected chi connectivity index (χ0v) is 15.6. The van der Waals surface area contributed by atoms with Gasteiger partial charge in [-0.1, -0.05) is 11.6 Å². The third-order valence-corrected chi connectivity index (χ3v) is 5.23. The molecule has 124 valence electrons. The Morgan fingerprint density at radius 1 is 1.29 bits per heavy atom. The lowest BCUT2D eigenvalue weighted by molar-refractivity contribution is -0.115. The Hall–Kier alpha value is -1.89. The lowest BCUT2D eigenvalue weighted by Gasteiger charge is -2.18. The Morgan fingerprint density at radius 3 is 2.83 bits per heavy atom. The van der Waals surface area contributed by atoms with E-state index < -0.39 is 0 Å². The molecule has 3 rings (SSSR count). The van der Waals surface area contributed by atoms with Crippen LogP contribution in [0.4, 0.5) is 11.4 Å². The molecule has 0 aliphatic rings. The molecule has 1 aromatic carbocycles. The molecule has 24 heavy (non-hydrogen) atoms. The van der Waals surface area contributed by atoms with E-state index in [0.717, 1.165) is 22.0 Å². The maximum atomic E-state index is 12.4. The minimum atomic E-state index is -0.109. The average molecular weight is 378 g/mol. The van der Waals surface area contributed by atoms with Gasteiger partial charge in [-0.15, -0.1) is 11.3 Å². The van der Waals surface area contributed by atoms with E-state index in [-0.39, 0.29) is 12.3 Å². The van der Waals surface area contributed by atoms with Crippen LogP contribution in [-0.4, -0.2) is 25.0 Å². The van der Waals surface area contributed by atoms with Gasteiger partial charge in [-0.05, 0) is 29.6 Å². The predicted octanol–water partition coefficient (Wildman–Crippen LogP) is 4.77. The molecule has 3 aromatic rings. The number of hydrogen-bond acceptors (Lipinski definition) is 5. The molecular formula is C17H16ClN3OS2. The van der Waals surface area contributed by atoms with Gasteiger partial charge in [0.25, 0.3) is 0 Å². The number of carbonyl (C=O) groups excluding carboxylic acids is 1. The van der Waals surface area contributed by atoms with Crippen molar-refractivity contribution in [3.05, 3.63) is 51.1 Å². The van der Waals surface area contributed by atoms with Crippen molar-refractivity contribution in [3.63, 3.8) is 0 Å². The van der Waals surface area contributed by atoms with Gasteiger partial charge in [0.15, 0.2) is 0 Å². The summed E-state index contributed by atoms with van der Waals surface area (Å²) in [5.41, 5.74) is 3.48. The van der Waals surface area contributed by atoms with Gasteiger partial charge in [-0.25, -0.2) is 4.98 Å². The molecule has 4 nitrogen and oxygen atoms in total. The summed E-state index contributed by atoms with van der Waals surface area (Å²) in [4.78, 5) is 18.8. The summed E-state index contributed by atoms with van der Waals surface area (Å²) in [7, 11) is 3.85. The molecular weight excluding hydrogens is 362 g/mol. The number of nitrogens with one attached hydrogen (secondary N) is 1. The first-order valence-electron chi connectivity index (χ1n) is 7.26. The molecule has 0 spiro atoms. The van der Waals surface area contributed by atoms with Crippen LogP contribution in [0.2, 0.25) is 5.02 Å². The number of rotatable bonds is 5. The van der Waals surface area contributed by atoms with Crippen LogP contribution in [0.15, 0.2) is 40.4 Å². The Bertz CT molecular complexity index is 843. The van der Waals surface area contributed by atoms with Crippen LogP contribution in [0.25, 0.3) is 10.6 Å². The van der Waals surface area contributed by atoms with Crippen LogP contribution in [0, 0.1) is 0 Å². The Labute approximate surface area is 153 Å². The number of thiophene rings is 1. The molecule has 0 atom stereocenters. The van der Waals surface area contributed by atoms with Gasteiger partial charge >= 0.3 is 0 Å². The van der Waals surface area contributed by atoms with Gasteiger partial charge in [-0.2, -0.15) is 11.3 Å². The zero-order chi connectivity index (χ0) is 17.1. The molecule has 0 aliphatic carbocycles. The number of thiazole rings is 1. The quantitative estimate of drug-likeness (QED) is 0.696. The molecule has 1 amide bonds. The monoisotopic (exact) mass is 377 g/mol. The van der Waals surface area contributed by atoms with Crippen molar-refractivity contribution < 1.29 is 4.79 Å². The Kier molecular flexibility index (Phi) is 5.18. The smallest absolute Gasteiger partial charge is 0.230 e. The van der Waals surface area contributed by atoms with E-state index in [1.54, 1.807) is 34.8 Å². The van der Waals surface area contributed by atoms with Crippen molar-refractivity contribution >= 4 is 51.6 Å². The van der Waals surface area contributed by atoms with E-state index in [0.29, 0.717) is 10.7 Å². The van der Waals surface area contributed by atoms with E-state index in [1.165, 1.54) is 0 Å². The third kappa shape index (κ3) is 3.95. The van der Waals surface area contributed by atoms with E-state index in [4.69, 9.17) is 11.6 Å². The molecule has 0 unspecified atom stereocenters. The average Bonchev–Trinajstić information content (AvgIpc) is 3.17. The van der Waals surface area contributed by atoms with Crippen molar-refractivity contribution in [1.29, 1.82) is 0 Å². The summed E-state index contributed by atoms with van der Waals surface area (Å²) in [5, 5.41) is 10.5. The fourth-order valence-electron chi connectivity index (χ4n) is 2.26. The number of benzene rings is 1. The first-order chi connectivity index (χ1) is 11.5. The first-order valence-corrected chi connectivity index (χ1v) is 9.46. The van der Waals surface area contributed by atoms with Crippen LogP contribution in [0.1, 0.15) is 5.69 Å². The number of hydrogen-bond donors (Lipinski definition) is 1. The van der Waals surface area contributed by atoms with Gasteiger partial charge in [0, 0.05) is 35.4 Å². The van der Waals surface area contributed by atoms with Crippen molar-refractivity contribution in [2.75, 3.05) is 24.3 Å². The number of aromatic nitrogens is 1. The van der Waals surface area contributed by atoms with Gasteiger partial charge in [0.2, 0.25) is 5.91 Å². The van der Waals surface area contributed by atoms with E-state index >= 15 is 0 Å². The molecule has 0 bridgehead atoms. The zero-order valence-electron chi connectivity index (χ0n) is 13.2. The minimum absolute atomic E-state index is 0.109. The van der Waals surface area contributed by atoms with Crippen LogP contribution in [-0.2, 0) is 11.2 Å². The molecule has 1 N–H and O–H groups in total. The van der Waals surface area contributed by atoms with Crippen molar-refractivity contribution in [3.8, 4) is 10.6 Å². The predicted molar refractivity (Wildman–Crippen MR) is 104 cm³/mol. The first kappa shape index (κ1) is 17.0. The number of nitrogens with zero attached hydrogens (tertiary/aromatic N) is 2. The van der Waals surface area contributed by atoms with Crippen LogP contribution >= 0.6 is 34.3 Å². The molecule has 2 heterocycles. The van der Waals surface area contributed by atoms with Gasteiger partial charge in [0.1, 0.15) is 5.01 Å². The highest BCUT2D eigenvalue weighted by molar-refractivity contribution is 7.14. The maximum absolute atomic E-state index is 12.4. The van der Waals surface area contributed by atoms with Crippen LogP contribution < -0.4 is 10.2 Å². The standard InChI is InChI=1S/C17H16ClN3OS2/c1-21(2)15-4-3-12(18)7-14(15)20-16(22)8-13-10-24-17(19-13)11-5-6-23-9-11/h3-7,9-10H,8H2,1-2H3,(H,20,22). The van der Waals surface area contributed by atoms with E-state index in [9.17, 15) is 4.79 Å². The number of amides is 1. The topological polar surface area (TPSA) is 45.2 Å². The lowest BCUT2D eigenvalue weighted by Crippen LogP contribution is -2.18. The molecule has 0 aliphatic heterocycles. The largest absolute Gasteiger partial charge is 0.376 e. The summed E-state index contributed by atoms with van der Waals surface area (Å²) >= 11 is 9.23. The van der Waals surface area contributed by atoms with E-state index in [1.807, 2.05) is 41.9 Å². The SMILES string of the molecule is CN(C)c1ccc(Cl)cc1NC(=O)Cc1csc(-c2ccsc2)n1.